The fraction of sp³-hybridized carbons (Fsp3) is 0.150. The number of amides is 1. The van der Waals surface area contributed by atoms with Gasteiger partial charge in [0.15, 0.2) is 0 Å². The summed E-state index contributed by atoms with van der Waals surface area (Å²) in [5.41, 5.74) is 0.283. The number of sulfonamides is 2. The Morgan fingerprint density at radius 1 is 1.06 bits per heavy atom. The maximum absolute atomic E-state index is 12.6. The zero-order valence-corrected chi connectivity index (χ0v) is 20.1. The highest BCUT2D eigenvalue weighted by Crippen LogP contribution is 2.27. The minimum atomic E-state index is -3.98. The molecule has 1 aromatic heterocycles. The van der Waals surface area contributed by atoms with E-state index in [0.717, 1.165) is 16.6 Å². The van der Waals surface area contributed by atoms with Crippen LogP contribution in [0.2, 0.25) is 0 Å². The van der Waals surface area contributed by atoms with Gasteiger partial charge in [-0.2, -0.15) is 0 Å². The minimum absolute atomic E-state index is 0.00695. The summed E-state index contributed by atoms with van der Waals surface area (Å²) >= 11 is 0. The number of aryl methyl sites for hydroxylation is 1. The smallest absolute Gasteiger partial charge is 0.271 e. The van der Waals surface area contributed by atoms with E-state index < -0.39 is 37.4 Å². The molecular formula is C20H20N6O7S2. The second kappa shape index (κ2) is 10.0. The molecule has 35 heavy (non-hydrogen) atoms. The number of aromatic nitrogens is 2. The Bertz CT molecular complexity index is 1460. The molecule has 1 heterocycles. The molecule has 0 radical (unpaired) electrons. The van der Waals surface area contributed by atoms with E-state index in [1.165, 1.54) is 54.9 Å². The molecule has 0 spiro atoms. The Morgan fingerprint density at radius 3 is 2.26 bits per heavy atom. The number of rotatable bonds is 9. The predicted octanol–water partition coefficient (Wildman–Crippen LogP) is 1.90. The largest absolute Gasteiger partial charge is 0.325 e. The van der Waals surface area contributed by atoms with Crippen molar-refractivity contribution in [3.05, 3.63) is 76.6 Å². The van der Waals surface area contributed by atoms with E-state index in [-0.39, 0.29) is 27.9 Å². The molecule has 0 fully saturated rings. The average Bonchev–Trinajstić information content (AvgIpc) is 2.78. The fourth-order valence-corrected chi connectivity index (χ4v) is 4.80. The number of nitrogens with one attached hydrogen (secondary N) is 2. The van der Waals surface area contributed by atoms with Gasteiger partial charge in [0.1, 0.15) is 6.54 Å². The summed E-state index contributed by atoms with van der Waals surface area (Å²) in [4.78, 5) is 30.5. The van der Waals surface area contributed by atoms with Gasteiger partial charge in [0.05, 0.1) is 21.8 Å². The van der Waals surface area contributed by atoms with Gasteiger partial charge in [-0.1, -0.05) is 6.07 Å². The summed E-state index contributed by atoms with van der Waals surface area (Å²) in [5.74, 6) is -0.852. The monoisotopic (exact) mass is 520 g/mol. The van der Waals surface area contributed by atoms with Crippen LogP contribution < -0.4 is 14.3 Å². The van der Waals surface area contributed by atoms with Gasteiger partial charge in [-0.05, 0) is 42.8 Å². The molecule has 3 rings (SSSR count). The maximum Gasteiger partial charge on any atom is 0.271 e. The van der Waals surface area contributed by atoms with Crippen molar-refractivity contribution in [1.29, 1.82) is 0 Å². The average molecular weight is 521 g/mol. The highest BCUT2D eigenvalue weighted by molar-refractivity contribution is 7.92. The molecule has 1 amide bonds. The van der Waals surface area contributed by atoms with Crippen molar-refractivity contribution in [2.24, 2.45) is 0 Å². The Kier molecular flexibility index (Phi) is 7.31. The summed E-state index contributed by atoms with van der Waals surface area (Å²) in [6, 6.07) is 10.3. The Balaban J connectivity index is 1.76. The second-order valence-electron chi connectivity index (χ2n) is 7.25. The quantitative estimate of drug-likeness (QED) is 0.314. The normalized spacial score (nSPS) is 11.5. The first-order chi connectivity index (χ1) is 16.4. The van der Waals surface area contributed by atoms with Gasteiger partial charge < -0.3 is 5.32 Å². The van der Waals surface area contributed by atoms with Crippen LogP contribution in [0.15, 0.2) is 65.8 Å². The van der Waals surface area contributed by atoms with Crippen LogP contribution >= 0.6 is 0 Å². The van der Waals surface area contributed by atoms with Crippen LogP contribution in [0.3, 0.4) is 0 Å². The maximum atomic E-state index is 12.6. The molecule has 0 aliphatic heterocycles. The zero-order chi connectivity index (χ0) is 25.8. The number of hydrogen-bond acceptors (Lipinski definition) is 9. The molecule has 2 N–H and O–H groups in total. The molecule has 2 aromatic carbocycles. The van der Waals surface area contributed by atoms with E-state index in [1.54, 1.807) is 6.92 Å². The van der Waals surface area contributed by atoms with Gasteiger partial charge in [0.2, 0.25) is 21.9 Å². The summed E-state index contributed by atoms with van der Waals surface area (Å²) < 4.78 is 52.6. The van der Waals surface area contributed by atoms with E-state index in [0.29, 0.717) is 5.56 Å². The van der Waals surface area contributed by atoms with E-state index in [2.05, 4.69) is 20.0 Å². The summed E-state index contributed by atoms with van der Waals surface area (Å²) in [7, 11) is -7.95. The van der Waals surface area contributed by atoms with E-state index in [4.69, 9.17) is 0 Å². The van der Waals surface area contributed by atoms with Crippen LogP contribution in [0, 0.1) is 17.0 Å². The third kappa shape index (κ3) is 6.48. The van der Waals surface area contributed by atoms with Crippen molar-refractivity contribution in [2.45, 2.75) is 11.8 Å². The van der Waals surface area contributed by atoms with E-state index >= 15 is 0 Å². The van der Waals surface area contributed by atoms with Crippen molar-refractivity contribution < 1.29 is 26.6 Å². The fourth-order valence-electron chi connectivity index (χ4n) is 2.94. The molecule has 0 saturated heterocycles. The second-order valence-corrected chi connectivity index (χ2v) is 10.8. The number of non-ortho nitro benzene ring substituents is 1. The van der Waals surface area contributed by atoms with Gasteiger partial charge in [0, 0.05) is 30.2 Å². The van der Waals surface area contributed by atoms with Crippen LogP contribution in [-0.4, -0.2) is 50.4 Å². The first kappa shape index (κ1) is 25.5. The molecule has 13 nitrogen and oxygen atoms in total. The van der Waals surface area contributed by atoms with Crippen LogP contribution in [0.1, 0.15) is 5.56 Å². The van der Waals surface area contributed by atoms with Crippen molar-refractivity contribution in [1.82, 2.24) is 9.97 Å². The number of benzene rings is 2. The number of nitro groups is 1. The molecular weight excluding hydrogens is 500 g/mol. The highest BCUT2D eigenvalue weighted by Gasteiger charge is 2.24. The predicted molar refractivity (Wildman–Crippen MR) is 128 cm³/mol. The lowest BCUT2D eigenvalue weighted by molar-refractivity contribution is -0.384. The molecule has 0 unspecified atom stereocenters. The first-order valence-electron chi connectivity index (χ1n) is 9.79. The molecule has 0 atom stereocenters. The van der Waals surface area contributed by atoms with Crippen LogP contribution in [-0.2, 0) is 24.8 Å². The highest BCUT2D eigenvalue weighted by atomic mass is 32.2. The lowest BCUT2D eigenvalue weighted by atomic mass is 10.2. The number of carbonyl (C=O) groups is 1. The van der Waals surface area contributed by atoms with Gasteiger partial charge in [-0.25, -0.2) is 31.5 Å². The topological polar surface area (TPSA) is 182 Å². The van der Waals surface area contributed by atoms with Crippen molar-refractivity contribution in [3.8, 4) is 0 Å². The molecule has 0 aliphatic carbocycles. The number of anilines is 3. The SMILES string of the molecule is Cc1ccc([N+](=O)[O-])cc1N(CC(=O)Nc1ccc(S(=O)(=O)Nc2ncccn2)cc1)S(C)(=O)=O. The number of nitrogens with zero attached hydrogens (tertiary/aromatic N) is 4. The summed E-state index contributed by atoms with van der Waals surface area (Å²) in [5, 5.41) is 13.6. The van der Waals surface area contributed by atoms with Gasteiger partial charge in [-0.3, -0.25) is 19.2 Å². The standard InChI is InChI=1S/C20H20N6O7S2/c1-14-4-7-16(26(28)29)12-18(14)25(34(2,30)31)13-19(27)23-15-5-8-17(9-6-15)35(32,33)24-20-21-10-3-11-22-20/h3-12H,13H2,1-2H3,(H,23,27)(H,21,22,24). The molecule has 184 valence electrons. The van der Waals surface area contributed by atoms with Crippen molar-refractivity contribution in [2.75, 3.05) is 27.1 Å². The first-order valence-corrected chi connectivity index (χ1v) is 13.1. The van der Waals surface area contributed by atoms with Crippen molar-refractivity contribution >= 4 is 49.0 Å². The van der Waals surface area contributed by atoms with Crippen molar-refractivity contribution in [3.63, 3.8) is 0 Å². The van der Waals surface area contributed by atoms with Gasteiger partial charge in [-0.15, -0.1) is 0 Å². The lowest BCUT2D eigenvalue weighted by Crippen LogP contribution is -2.37. The Hall–Kier alpha value is -4.11. The lowest BCUT2D eigenvalue weighted by Gasteiger charge is -2.23. The van der Waals surface area contributed by atoms with Gasteiger partial charge in [0.25, 0.3) is 15.7 Å². The molecule has 0 aliphatic rings. The Morgan fingerprint density at radius 2 is 1.69 bits per heavy atom. The van der Waals surface area contributed by atoms with Crippen LogP contribution in [0.5, 0.6) is 0 Å². The minimum Gasteiger partial charge on any atom is -0.325 e. The van der Waals surface area contributed by atoms with E-state index in [1.807, 2.05) is 0 Å². The number of nitro benzene ring substituents is 1. The van der Waals surface area contributed by atoms with Gasteiger partial charge >= 0.3 is 0 Å². The van der Waals surface area contributed by atoms with E-state index in [9.17, 15) is 31.7 Å². The number of carbonyl (C=O) groups excluding carboxylic acids is 1. The van der Waals surface area contributed by atoms with Crippen LogP contribution in [0.4, 0.5) is 23.0 Å². The molecule has 3 aromatic rings. The molecule has 15 heteroatoms. The molecule has 0 bridgehead atoms. The molecule has 0 saturated carbocycles. The van der Waals surface area contributed by atoms with Crippen LogP contribution in [0.25, 0.3) is 0 Å². The zero-order valence-electron chi connectivity index (χ0n) is 18.4. The summed E-state index contributed by atoms with van der Waals surface area (Å²) in [6.45, 7) is 0.899. The Labute approximate surface area is 201 Å². The third-order valence-corrected chi connectivity index (χ3v) is 7.07. The third-order valence-electron chi connectivity index (χ3n) is 4.60. The number of hydrogen-bond donors (Lipinski definition) is 2. The summed E-state index contributed by atoms with van der Waals surface area (Å²) in [6.07, 6.45) is 3.62.